The summed E-state index contributed by atoms with van der Waals surface area (Å²) in [6.45, 7) is 9.64. The van der Waals surface area contributed by atoms with Gasteiger partial charge in [-0.25, -0.2) is 0 Å². The third kappa shape index (κ3) is 4.45. The second-order valence-electron chi connectivity index (χ2n) is 7.65. The van der Waals surface area contributed by atoms with Crippen molar-refractivity contribution in [2.24, 2.45) is 11.8 Å². The molecule has 2 fully saturated rings. The number of carbonyl (C=O) groups excluding carboxylic acids is 1. The number of hydrogen-bond acceptors (Lipinski definition) is 2. The lowest BCUT2D eigenvalue weighted by molar-refractivity contribution is -0.124. The fourth-order valence-corrected chi connectivity index (χ4v) is 4.17. The Labute approximate surface area is 130 Å². The molecule has 1 N–H and O–H groups in total. The van der Waals surface area contributed by atoms with Crippen LogP contribution in [0.1, 0.15) is 72.6 Å². The number of amides is 1. The highest BCUT2D eigenvalue weighted by atomic mass is 16.2. The summed E-state index contributed by atoms with van der Waals surface area (Å²) in [4.78, 5) is 14.9. The molecule has 3 unspecified atom stereocenters. The van der Waals surface area contributed by atoms with E-state index in [1.165, 1.54) is 38.5 Å². The SMILES string of the molecule is CC1CCCC(NC(=O)CN(C(C)C)C2CCCC2)C1C. The molecule has 0 bridgehead atoms. The molecule has 2 aliphatic carbocycles. The molecule has 0 aromatic carbocycles. The van der Waals surface area contributed by atoms with E-state index < -0.39 is 0 Å². The lowest BCUT2D eigenvalue weighted by Gasteiger charge is -2.36. The van der Waals surface area contributed by atoms with E-state index >= 15 is 0 Å². The predicted octanol–water partition coefficient (Wildman–Crippen LogP) is 3.58. The molecule has 0 aliphatic heterocycles. The van der Waals surface area contributed by atoms with Gasteiger partial charge >= 0.3 is 0 Å². The van der Waals surface area contributed by atoms with Crippen molar-refractivity contribution < 1.29 is 4.79 Å². The Hall–Kier alpha value is -0.570. The molecule has 21 heavy (non-hydrogen) atoms. The number of nitrogens with zero attached hydrogens (tertiary/aromatic N) is 1. The third-order valence-corrected chi connectivity index (χ3v) is 5.84. The van der Waals surface area contributed by atoms with Crippen LogP contribution in [0.25, 0.3) is 0 Å². The van der Waals surface area contributed by atoms with Crippen molar-refractivity contribution in [3.8, 4) is 0 Å². The lowest BCUT2D eigenvalue weighted by atomic mass is 9.78. The number of rotatable bonds is 5. The van der Waals surface area contributed by atoms with Crippen molar-refractivity contribution >= 4 is 5.91 Å². The monoisotopic (exact) mass is 294 g/mol. The standard InChI is InChI=1S/C18H34N2O/c1-13(2)20(16-9-5-6-10-16)12-18(21)19-17-11-7-8-14(3)15(17)4/h13-17H,5-12H2,1-4H3,(H,19,21). The molecular weight excluding hydrogens is 260 g/mol. The van der Waals surface area contributed by atoms with Gasteiger partial charge in [0.05, 0.1) is 6.54 Å². The van der Waals surface area contributed by atoms with E-state index in [9.17, 15) is 4.79 Å². The number of hydrogen-bond donors (Lipinski definition) is 1. The Morgan fingerprint density at radius 1 is 1.10 bits per heavy atom. The van der Waals surface area contributed by atoms with Crippen molar-refractivity contribution in [2.75, 3.05) is 6.54 Å². The zero-order chi connectivity index (χ0) is 15.4. The van der Waals surface area contributed by atoms with Gasteiger partial charge in [0.2, 0.25) is 5.91 Å². The molecule has 3 atom stereocenters. The molecule has 0 aromatic rings. The Balaban J connectivity index is 1.86. The summed E-state index contributed by atoms with van der Waals surface area (Å²) >= 11 is 0. The van der Waals surface area contributed by atoms with Crippen LogP contribution >= 0.6 is 0 Å². The minimum absolute atomic E-state index is 0.238. The minimum atomic E-state index is 0.238. The van der Waals surface area contributed by atoms with Crippen molar-refractivity contribution in [1.29, 1.82) is 0 Å². The Morgan fingerprint density at radius 3 is 2.38 bits per heavy atom. The Bertz CT molecular complexity index is 336. The fourth-order valence-electron chi connectivity index (χ4n) is 4.17. The normalized spacial score (nSPS) is 31.0. The highest BCUT2D eigenvalue weighted by Gasteiger charge is 2.30. The smallest absolute Gasteiger partial charge is 0.234 e. The molecule has 3 nitrogen and oxygen atoms in total. The summed E-state index contributed by atoms with van der Waals surface area (Å²) in [5.74, 6) is 1.59. The molecule has 0 radical (unpaired) electrons. The van der Waals surface area contributed by atoms with E-state index in [-0.39, 0.29) is 5.91 Å². The summed E-state index contributed by atoms with van der Waals surface area (Å²) in [6, 6.07) is 1.47. The topological polar surface area (TPSA) is 32.3 Å². The van der Waals surface area contributed by atoms with Crippen LogP contribution in [0.4, 0.5) is 0 Å². The number of nitrogens with one attached hydrogen (secondary N) is 1. The van der Waals surface area contributed by atoms with Gasteiger partial charge in [-0.3, -0.25) is 9.69 Å². The molecule has 2 saturated carbocycles. The Morgan fingerprint density at radius 2 is 1.76 bits per heavy atom. The second-order valence-corrected chi connectivity index (χ2v) is 7.65. The van der Waals surface area contributed by atoms with Crippen LogP contribution in [0.3, 0.4) is 0 Å². The van der Waals surface area contributed by atoms with Gasteiger partial charge in [0.15, 0.2) is 0 Å². The van der Waals surface area contributed by atoms with Gasteiger partial charge in [0, 0.05) is 18.1 Å². The van der Waals surface area contributed by atoms with Crippen LogP contribution in [0.15, 0.2) is 0 Å². The second kappa shape index (κ2) is 7.62. The van der Waals surface area contributed by atoms with E-state index in [2.05, 4.69) is 37.9 Å². The quantitative estimate of drug-likeness (QED) is 0.840. The predicted molar refractivity (Wildman–Crippen MR) is 88.2 cm³/mol. The Kier molecular flexibility index (Phi) is 6.09. The summed E-state index contributed by atoms with van der Waals surface area (Å²) in [5, 5.41) is 3.33. The fraction of sp³-hybridized carbons (Fsp3) is 0.944. The zero-order valence-corrected chi connectivity index (χ0v) is 14.4. The van der Waals surface area contributed by atoms with Crippen molar-refractivity contribution in [2.45, 2.75) is 90.8 Å². The van der Waals surface area contributed by atoms with E-state index in [4.69, 9.17) is 0 Å². The van der Waals surface area contributed by atoms with Crippen LogP contribution in [-0.2, 0) is 4.79 Å². The average Bonchev–Trinajstić information content (AvgIpc) is 2.95. The first-order valence-electron chi connectivity index (χ1n) is 9.04. The van der Waals surface area contributed by atoms with Gasteiger partial charge < -0.3 is 5.32 Å². The van der Waals surface area contributed by atoms with Gasteiger partial charge in [-0.05, 0) is 44.9 Å². The number of carbonyl (C=O) groups is 1. The molecule has 0 spiro atoms. The van der Waals surface area contributed by atoms with Crippen LogP contribution < -0.4 is 5.32 Å². The van der Waals surface area contributed by atoms with Crippen molar-refractivity contribution in [3.63, 3.8) is 0 Å². The summed E-state index contributed by atoms with van der Waals surface area (Å²) in [6.07, 6.45) is 8.91. The van der Waals surface area contributed by atoms with Gasteiger partial charge in [0.1, 0.15) is 0 Å². The van der Waals surface area contributed by atoms with Crippen molar-refractivity contribution in [1.82, 2.24) is 10.2 Å². The lowest BCUT2D eigenvalue weighted by Crippen LogP contribution is -2.50. The van der Waals surface area contributed by atoms with Crippen LogP contribution in [0, 0.1) is 11.8 Å². The van der Waals surface area contributed by atoms with Crippen LogP contribution in [-0.4, -0.2) is 35.5 Å². The van der Waals surface area contributed by atoms with E-state index in [0.717, 1.165) is 12.3 Å². The van der Waals surface area contributed by atoms with Gasteiger partial charge in [-0.2, -0.15) is 0 Å². The average molecular weight is 294 g/mol. The van der Waals surface area contributed by atoms with E-state index in [1.807, 2.05) is 0 Å². The van der Waals surface area contributed by atoms with E-state index in [1.54, 1.807) is 0 Å². The molecule has 3 heteroatoms. The maximum absolute atomic E-state index is 12.5. The van der Waals surface area contributed by atoms with Gasteiger partial charge in [-0.15, -0.1) is 0 Å². The zero-order valence-electron chi connectivity index (χ0n) is 14.4. The molecule has 122 valence electrons. The summed E-state index contributed by atoms with van der Waals surface area (Å²) in [5.41, 5.74) is 0. The molecular formula is C18H34N2O. The molecule has 2 aliphatic rings. The van der Waals surface area contributed by atoms with Crippen LogP contribution in [0.5, 0.6) is 0 Å². The largest absolute Gasteiger partial charge is 0.352 e. The third-order valence-electron chi connectivity index (χ3n) is 5.84. The molecule has 2 rings (SSSR count). The first-order valence-corrected chi connectivity index (χ1v) is 9.04. The van der Waals surface area contributed by atoms with Crippen molar-refractivity contribution in [3.05, 3.63) is 0 Å². The molecule has 0 heterocycles. The summed E-state index contributed by atoms with van der Waals surface area (Å²) in [7, 11) is 0. The molecule has 0 aromatic heterocycles. The molecule has 1 amide bonds. The van der Waals surface area contributed by atoms with Gasteiger partial charge in [0.25, 0.3) is 0 Å². The maximum atomic E-state index is 12.5. The molecule has 0 saturated heterocycles. The maximum Gasteiger partial charge on any atom is 0.234 e. The highest BCUT2D eigenvalue weighted by molar-refractivity contribution is 5.78. The first-order chi connectivity index (χ1) is 9.99. The van der Waals surface area contributed by atoms with Gasteiger partial charge in [-0.1, -0.05) is 39.5 Å². The first kappa shape index (κ1) is 16.8. The minimum Gasteiger partial charge on any atom is -0.352 e. The van der Waals surface area contributed by atoms with Crippen LogP contribution in [0.2, 0.25) is 0 Å². The summed E-state index contributed by atoms with van der Waals surface area (Å²) < 4.78 is 0. The van der Waals surface area contributed by atoms with E-state index in [0.29, 0.717) is 30.6 Å². The highest BCUT2D eigenvalue weighted by Crippen LogP contribution is 2.29.